The lowest BCUT2D eigenvalue weighted by atomic mass is 9.96. The summed E-state index contributed by atoms with van der Waals surface area (Å²) in [6.45, 7) is 10.8. The molecule has 1 atom stereocenters. The van der Waals surface area contributed by atoms with Crippen LogP contribution < -0.4 is 4.74 Å². The van der Waals surface area contributed by atoms with Crippen LogP contribution in [0.3, 0.4) is 0 Å². The third-order valence-corrected chi connectivity index (χ3v) is 5.61. The Balaban J connectivity index is 2.00. The summed E-state index contributed by atoms with van der Waals surface area (Å²) < 4.78 is 5.48. The minimum atomic E-state index is -0.684. The zero-order valence-corrected chi connectivity index (χ0v) is 18.5. The molecule has 168 valence electrons. The molecule has 2 aromatic rings. The Bertz CT molecular complexity index is 982. The minimum Gasteiger partial charge on any atom is -0.507 e. The van der Waals surface area contributed by atoms with Crippen molar-refractivity contribution in [2.45, 2.75) is 19.9 Å². The first-order valence-corrected chi connectivity index (χ1v) is 10.8. The fraction of sp³-hybridized carbons (Fsp3) is 0.320. The second-order valence-electron chi connectivity index (χ2n) is 7.42. The molecule has 0 spiro atoms. The van der Waals surface area contributed by atoms with E-state index in [1.807, 2.05) is 0 Å². The van der Waals surface area contributed by atoms with Gasteiger partial charge in [-0.15, -0.1) is 0 Å². The number of ketones is 1. The summed E-state index contributed by atoms with van der Waals surface area (Å²) in [5, 5.41) is 11.1. The van der Waals surface area contributed by atoms with Crippen molar-refractivity contribution < 1.29 is 19.4 Å². The number of carbonyl (C=O) groups excluding carboxylic acids is 2. The molecule has 3 rings (SSSR count). The Labute approximate surface area is 188 Å². The van der Waals surface area contributed by atoms with E-state index in [-0.39, 0.29) is 11.3 Å². The average molecular weight is 436 g/mol. The highest BCUT2D eigenvalue weighted by molar-refractivity contribution is 6.46. The number of pyridine rings is 1. The van der Waals surface area contributed by atoms with Gasteiger partial charge in [-0.1, -0.05) is 26.5 Å². The monoisotopic (exact) mass is 435 g/mol. The number of aliphatic hydroxyl groups excluding tert-OH is 1. The predicted molar refractivity (Wildman–Crippen MR) is 123 cm³/mol. The van der Waals surface area contributed by atoms with Gasteiger partial charge in [0, 0.05) is 31.0 Å². The van der Waals surface area contributed by atoms with Gasteiger partial charge in [0.05, 0.1) is 11.6 Å². The van der Waals surface area contributed by atoms with Gasteiger partial charge >= 0.3 is 0 Å². The molecular weight excluding hydrogens is 406 g/mol. The van der Waals surface area contributed by atoms with Crippen LogP contribution in [0.25, 0.3) is 5.76 Å². The number of ether oxygens (including phenoxy) is 1. The summed E-state index contributed by atoms with van der Waals surface area (Å²) in [7, 11) is 0. The Kier molecular flexibility index (Phi) is 7.78. The maximum Gasteiger partial charge on any atom is 0.295 e. The van der Waals surface area contributed by atoms with E-state index in [1.54, 1.807) is 59.8 Å². The van der Waals surface area contributed by atoms with Gasteiger partial charge in [-0.2, -0.15) is 0 Å². The quantitative estimate of drug-likeness (QED) is 0.267. The first-order valence-electron chi connectivity index (χ1n) is 10.8. The molecule has 7 nitrogen and oxygen atoms in total. The molecule has 0 saturated carbocycles. The summed E-state index contributed by atoms with van der Waals surface area (Å²) in [6.07, 6.45) is 4.87. The van der Waals surface area contributed by atoms with Gasteiger partial charge in [0.25, 0.3) is 11.7 Å². The first-order chi connectivity index (χ1) is 15.5. The molecule has 0 unspecified atom stereocenters. The number of likely N-dealkylation sites (N-methyl/N-ethyl adjacent to an activating group) is 1. The lowest BCUT2D eigenvalue weighted by Crippen LogP contribution is -2.38. The molecule has 1 aromatic carbocycles. The molecule has 1 saturated heterocycles. The third kappa shape index (κ3) is 4.89. The number of Topliss-reactive ketones (excluding diaryl/α,β-unsaturated/α-hetero) is 1. The van der Waals surface area contributed by atoms with Crippen LogP contribution in [0.5, 0.6) is 5.75 Å². The Morgan fingerprint density at radius 1 is 1.16 bits per heavy atom. The van der Waals surface area contributed by atoms with Crippen LogP contribution in [0.1, 0.15) is 31.0 Å². The smallest absolute Gasteiger partial charge is 0.295 e. The summed E-state index contributed by atoms with van der Waals surface area (Å²) in [4.78, 5) is 33.8. The molecule has 32 heavy (non-hydrogen) atoms. The van der Waals surface area contributed by atoms with Crippen molar-refractivity contribution in [1.82, 2.24) is 14.8 Å². The van der Waals surface area contributed by atoms with Crippen molar-refractivity contribution in [1.29, 1.82) is 0 Å². The van der Waals surface area contributed by atoms with Gasteiger partial charge in [-0.3, -0.25) is 14.6 Å². The molecule has 1 N–H and O–H groups in total. The molecule has 1 aliphatic heterocycles. The number of rotatable bonds is 10. The lowest BCUT2D eigenvalue weighted by Gasteiger charge is -2.28. The maximum atomic E-state index is 13.0. The van der Waals surface area contributed by atoms with E-state index in [0.717, 1.165) is 18.7 Å². The van der Waals surface area contributed by atoms with Gasteiger partial charge in [-0.25, -0.2) is 0 Å². The fourth-order valence-electron chi connectivity index (χ4n) is 3.81. The van der Waals surface area contributed by atoms with Gasteiger partial charge in [-0.05, 0) is 55.1 Å². The van der Waals surface area contributed by atoms with Crippen molar-refractivity contribution >= 4 is 17.4 Å². The highest BCUT2D eigenvalue weighted by Gasteiger charge is 2.45. The fourth-order valence-corrected chi connectivity index (χ4v) is 3.81. The Hall–Kier alpha value is -3.45. The second kappa shape index (κ2) is 10.7. The number of hydrogen-bond acceptors (Lipinski definition) is 6. The number of carbonyl (C=O) groups is 2. The maximum absolute atomic E-state index is 13.0. The molecule has 0 bridgehead atoms. The molecule has 1 amide bonds. The van der Waals surface area contributed by atoms with Gasteiger partial charge in [0.1, 0.15) is 18.1 Å². The minimum absolute atomic E-state index is 0.0838. The van der Waals surface area contributed by atoms with Crippen LogP contribution in [-0.2, 0) is 9.59 Å². The van der Waals surface area contributed by atoms with E-state index in [2.05, 4.69) is 30.3 Å². The highest BCUT2D eigenvalue weighted by Crippen LogP contribution is 2.39. The van der Waals surface area contributed by atoms with E-state index < -0.39 is 17.7 Å². The van der Waals surface area contributed by atoms with Crippen molar-refractivity contribution in [3.05, 3.63) is 78.1 Å². The predicted octanol–water partition coefficient (Wildman–Crippen LogP) is 3.41. The van der Waals surface area contributed by atoms with Gasteiger partial charge < -0.3 is 19.6 Å². The molecule has 2 heterocycles. The Morgan fingerprint density at radius 2 is 1.81 bits per heavy atom. The van der Waals surface area contributed by atoms with Crippen molar-refractivity contribution in [2.75, 3.05) is 32.8 Å². The van der Waals surface area contributed by atoms with Crippen LogP contribution in [0.15, 0.2) is 67.0 Å². The van der Waals surface area contributed by atoms with E-state index in [1.165, 1.54) is 0 Å². The van der Waals surface area contributed by atoms with E-state index in [4.69, 9.17) is 4.74 Å². The normalized spacial score (nSPS) is 17.7. The van der Waals surface area contributed by atoms with E-state index in [0.29, 0.717) is 31.0 Å². The number of aliphatic hydroxyl groups is 1. The molecule has 0 aliphatic carbocycles. The summed E-state index contributed by atoms with van der Waals surface area (Å²) in [6, 6.07) is 9.60. The van der Waals surface area contributed by atoms with Crippen LogP contribution >= 0.6 is 0 Å². The topological polar surface area (TPSA) is 83.0 Å². The first kappa shape index (κ1) is 23.2. The molecular formula is C25H29N3O4. The number of benzene rings is 1. The number of hydrogen-bond donors (Lipinski definition) is 1. The zero-order valence-electron chi connectivity index (χ0n) is 18.5. The summed E-state index contributed by atoms with van der Waals surface area (Å²) in [5.41, 5.74) is 1.25. The van der Waals surface area contributed by atoms with Crippen molar-refractivity contribution in [3.63, 3.8) is 0 Å². The molecule has 1 fully saturated rings. The van der Waals surface area contributed by atoms with Crippen LogP contribution in [0.2, 0.25) is 0 Å². The number of aromatic nitrogens is 1. The molecule has 1 aliphatic rings. The standard InChI is InChI=1S/C25H29N3O4/c1-4-17-32-20-9-7-19(8-10-20)23(29)21-22(18-11-13-26-14-12-18)28(25(31)24(21)30)16-15-27(5-2)6-3/h4,7-14,22,29H,1,5-6,15-17H2,2-3H3/b23-21+/t22-/m1/s1. The van der Waals surface area contributed by atoms with Gasteiger partial charge in [0.2, 0.25) is 0 Å². The third-order valence-electron chi connectivity index (χ3n) is 5.61. The molecule has 7 heteroatoms. The number of amides is 1. The number of nitrogens with zero attached hydrogens (tertiary/aromatic N) is 3. The van der Waals surface area contributed by atoms with E-state index >= 15 is 0 Å². The second-order valence-corrected chi connectivity index (χ2v) is 7.42. The number of likely N-dealkylation sites (tertiary alicyclic amines) is 1. The van der Waals surface area contributed by atoms with Crippen molar-refractivity contribution in [2.24, 2.45) is 0 Å². The van der Waals surface area contributed by atoms with Crippen LogP contribution in [-0.4, -0.2) is 64.4 Å². The average Bonchev–Trinajstić information content (AvgIpc) is 3.08. The highest BCUT2D eigenvalue weighted by atomic mass is 16.5. The molecule has 1 aromatic heterocycles. The Morgan fingerprint density at radius 3 is 2.41 bits per heavy atom. The van der Waals surface area contributed by atoms with Crippen LogP contribution in [0, 0.1) is 0 Å². The zero-order chi connectivity index (χ0) is 23.1. The molecule has 0 radical (unpaired) electrons. The lowest BCUT2D eigenvalue weighted by molar-refractivity contribution is -0.140. The largest absolute Gasteiger partial charge is 0.507 e. The van der Waals surface area contributed by atoms with Gasteiger partial charge in [0.15, 0.2) is 0 Å². The summed E-state index contributed by atoms with van der Waals surface area (Å²) >= 11 is 0. The van der Waals surface area contributed by atoms with Crippen molar-refractivity contribution in [3.8, 4) is 5.75 Å². The SMILES string of the molecule is C=CCOc1ccc(/C(O)=C2\C(=O)C(=O)N(CCN(CC)CC)[C@@H]2c2ccncc2)cc1. The summed E-state index contributed by atoms with van der Waals surface area (Å²) in [5.74, 6) is -0.875. The van der Waals surface area contributed by atoms with Crippen LogP contribution in [0.4, 0.5) is 0 Å². The van der Waals surface area contributed by atoms with E-state index in [9.17, 15) is 14.7 Å².